The van der Waals surface area contributed by atoms with Crippen molar-refractivity contribution in [2.24, 2.45) is 0 Å². The van der Waals surface area contributed by atoms with E-state index in [1.54, 1.807) is 24.3 Å². The molecule has 5 rings (SSSR count). The fourth-order valence-corrected chi connectivity index (χ4v) is 3.94. The number of benzene rings is 3. The van der Waals surface area contributed by atoms with Crippen molar-refractivity contribution in [3.63, 3.8) is 0 Å². The zero-order valence-electron chi connectivity index (χ0n) is 16.8. The van der Waals surface area contributed by atoms with Gasteiger partial charge in [-0.1, -0.05) is 23.7 Å². The van der Waals surface area contributed by atoms with Crippen LogP contribution in [0.4, 0.5) is 11.4 Å². The molecule has 0 aliphatic carbocycles. The molecule has 0 fully saturated rings. The van der Waals surface area contributed by atoms with Crippen LogP contribution in [-0.2, 0) is 17.9 Å². The number of rotatable bonds is 5. The Labute approximate surface area is 185 Å². The van der Waals surface area contributed by atoms with Gasteiger partial charge in [-0.15, -0.1) is 0 Å². The first-order chi connectivity index (χ1) is 15.2. The third-order valence-corrected chi connectivity index (χ3v) is 5.61. The predicted octanol–water partition coefficient (Wildman–Crippen LogP) is 4.73. The predicted molar refractivity (Wildman–Crippen MR) is 123 cm³/mol. The Kier molecular flexibility index (Phi) is 5.22. The van der Waals surface area contributed by atoms with Crippen molar-refractivity contribution in [1.82, 2.24) is 9.55 Å². The van der Waals surface area contributed by atoms with Crippen LogP contribution in [0.25, 0.3) is 11.0 Å². The fourth-order valence-electron chi connectivity index (χ4n) is 3.82. The lowest BCUT2D eigenvalue weighted by molar-refractivity contribution is -0.118. The first-order valence-electron chi connectivity index (χ1n) is 10.1. The van der Waals surface area contributed by atoms with Crippen LogP contribution in [0, 0.1) is 0 Å². The van der Waals surface area contributed by atoms with Crippen LogP contribution in [0.15, 0.2) is 72.8 Å². The molecule has 4 aromatic rings. The van der Waals surface area contributed by atoms with Gasteiger partial charge in [0.1, 0.15) is 11.6 Å². The van der Waals surface area contributed by atoms with E-state index in [-0.39, 0.29) is 12.5 Å². The van der Waals surface area contributed by atoms with E-state index in [2.05, 4.69) is 33.0 Å². The lowest BCUT2D eigenvalue weighted by Crippen LogP contribution is -2.33. The normalized spacial score (nSPS) is 13.1. The maximum absolute atomic E-state index is 12.2. The summed E-state index contributed by atoms with van der Waals surface area (Å²) in [6, 6.07) is 23.0. The van der Waals surface area contributed by atoms with Gasteiger partial charge < -0.3 is 19.5 Å². The number of nitrogens with zero attached hydrogens (tertiary/aromatic N) is 3. The smallest absolute Gasteiger partial charge is 0.262 e. The summed E-state index contributed by atoms with van der Waals surface area (Å²) >= 11 is 5.85. The van der Waals surface area contributed by atoms with Crippen molar-refractivity contribution >= 4 is 39.9 Å². The van der Waals surface area contributed by atoms with Gasteiger partial charge in [-0.05, 0) is 60.7 Å². The summed E-state index contributed by atoms with van der Waals surface area (Å²) in [7, 11) is 0. The number of carbonyl (C=O) groups excluding carboxylic acids is 1. The molecule has 6 nitrogen and oxygen atoms in total. The molecule has 0 atom stereocenters. The van der Waals surface area contributed by atoms with Gasteiger partial charge in [0, 0.05) is 29.5 Å². The highest BCUT2D eigenvalue weighted by Crippen LogP contribution is 2.25. The Morgan fingerprint density at radius 1 is 1.00 bits per heavy atom. The first-order valence-corrected chi connectivity index (χ1v) is 10.5. The van der Waals surface area contributed by atoms with Crippen LogP contribution < -0.4 is 15.0 Å². The van der Waals surface area contributed by atoms with Crippen molar-refractivity contribution in [2.75, 3.05) is 23.4 Å². The van der Waals surface area contributed by atoms with E-state index in [9.17, 15) is 4.79 Å². The molecule has 156 valence electrons. The van der Waals surface area contributed by atoms with Crippen molar-refractivity contribution in [3.8, 4) is 5.75 Å². The van der Waals surface area contributed by atoms with Gasteiger partial charge in [0.2, 0.25) is 0 Å². The molecular formula is C24H21ClN4O2. The molecule has 1 aliphatic rings. The number of aromatic nitrogens is 2. The molecule has 1 aliphatic heterocycles. The Bertz CT molecular complexity index is 1220. The number of nitrogens with one attached hydrogen (secondary N) is 1. The molecular weight excluding hydrogens is 412 g/mol. The molecule has 1 amide bonds. The van der Waals surface area contributed by atoms with Crippen LogP contribution in [0.1, 0.15) is 5.82 Å². The summed E-state index contributed by atoms with van der Waals surface area (Å²) in [6.07, 6.45) is 0. The lowest BCUT2D eigenvalue weighted by atomic mass is 10.2. The number of fused-ring (bicyclic) bond motifs is 3. The highest BCUT2D eigenvalue weighted by Gasteiger charge is 2.20. The summed E-state index contributed by atoms with van der Waals surface area (Å²) in [5.41, 5.74) is 4.07. The second kappa shape index (κ2) is 8.32. The quantitative estimate of drug-likeness (QED) is 0.495. The first kappa shape index (κ1) is 19.5. The number of para-hydroxylation sites is 2. The second-order valence-electron chi connectivity index (χ2n) is 7.43. The summed E-state index contributed by atoms with van der Waals surface area (Å²) in [4.78, 5) is 19.3. The van der Waals surface area contributed by atoms with Crippen molar-refractivity contribution in [2.45, 2.75) is 13.1 Å². The minimum Gasteiger partial charge on any atom is -0.484 e. The number of ether oxygens (including phenoxy) is 1. The van der Waals surface area contributed by atoms with E-state index in [0.717, 1.165) is 42.4 Å². The summed E-state index contributed by atoms with van der Waals surface area (Å²) in [5.74, 6) is 1.46. The molecule has 3 aromatic carbocycles. The van der Waals surface area contributed by atoms with E-state index < -0.39 is 0 Å². The third kappa shape index (κ3) is 4.20. The minimum absolute atomic E-state index is 0.0638. The molecule has 0 bridgehead atoms. The topological polar surface area (TPSA) is 59.4 Å². The molecule has 0 unspecified atom stereocenters. The highest BCUT2D eigenvalue weighted by molar-refractivity contribution is 6.30. The molecule has 1 N–H and O–H groups in total. The van der Waals surface area contributed by atoms with E-state index in [0.29, 0.717) is 10.8 Å². The largest absolute Gasteiger partial charge is 0.484 e. The van der Waals surface area contributed by atoms with Gasteiger partial charge in [0.05, 0.1) is 17.6 Å². The third-order valence-electron chi connectivity index (χ3n) is 5.36. The van der Waals surface area contributed by atoms with E-state index in [1.165, 1.54) is 5.52 Å². The van der Waals surface area contributed by atoms with E-state index >= 15 is 0 Å². The Hall–Kier alpha value is -3.51. The van der Waals surface area contributed by atoms with Gasteiger partial charge in [-0.2, -0.15) is 0 Å². The molecule has 7 heteroatoms. The molecule has 0 saturated heterocycles. The number of amides is 1. The van der Waals surface area contributed by atoms with Gasteiger partial charge in [-0.3, -0.25) is 4.79 Å². The van der Waals surface area contributed by atoms with Gasteiger partial charge in [-0.25, -0.2) is 4.98 Å². The summed E-state index contributed by atoms with van der Waals surface area (Å²) in [5, 5.41) is 3.49. The van der Waals surface area contributed by atoms with Crippen LogP contribution in [-0.4, -0.2) is 28.6 Å². The van der Waals surface area contributed by atoms with Crippen LogP contribution in [0.5, 0.6) is 5.75 Å². The maximum Gasteiger partial charge on any atom is 0.262 e. The van der Waals surface area contributed by atoms with E-state index in [1.807, 2.05) is 30.3 Å². The highest BCUT2D eigenvalue weighted by atomic mass is 35.5. The number of hydrogen-bond acceptors (Lipinski definition) is 4. The SMILES string of the molecule is O=C(COc1ccc(Cl)cc1)Nc1ccc(N2CCn3c(nc4ccccc43)C2)cc1. The standard InChI is InChI=1S/C24H21ClN4O2/c25-17-5-11-20(12-6-17)31-16-24(30)26-18-7-9-19(10-8-18)28-13-14-29-22-4-2-1-3-21(22)27-23(29)15-28/h1-12H,13-16H2,(H,26,30). The summed E-state index contributed by atoms with van der Waals surface area (Å²) < 4.78 is 7.78. The number of anilines is 2. The maximum atomic E-state index is 12.2. The van der Waals surface area contributed by atoms with Crippen LogP contribution >= 0.6 is 11.6 Å². The lowest BCUT2D eigenvalue weighted by Gasteiger charge is -2.30. The Morgan fingerprint density at radius 2 is 1.77 bits per heavy atom. The molecule has 31 heavy (non-hydrogen) atoms. The molecule has 0 saturated carbocycles. The van der Waals surface area contributed by atoms with Crippen molar-refractivity contribution < 1.29 is 9.53 Å². The second-order valence-corrected chi connectivity index (χ2v) is 7.86. The number of carbonyl (C=O) groups is 1. The monoisotopic (exact) mass is 432 g/mol. The molecule has 0 radical (unpaired) electrons. The summed E-state index contributed by atoms with van der Waals surface area (Å²) in [6.45, 7) is 2.51. The average molecular weight is 433 g/mol. The number of imidazole rings is 1. The Morgan fingerprint density at radius 3 is 2.58 bits per heavy atom. The van der Waals surface area contributed by atoms with Gasteiger partial charge >= 0.3 is 0 Å². The van der Waals surface area contributed by atoms with Crippen molar-refractivity contribution in [3.05, 3.63) is 83.6 Å². The van der Waals surface area contributed by atoms with Crippen LogP contribution in [0.3, 0.4) is 0 Å². The Balaban J connectivity index is 1.20. The molecule has 1 aromatic heterocycles. The fraction of sp³-hybridized carbons (Fsp3) is 0.167. The average Bonchev–Trinajstić information content (AvgIpc) is 3.17. The van der Waals surface area contributed by atoms with Gasteiger partial charge in [0.15, 0.2) is 6.61 Å². The number of hydrogen-bond donors (Lipinski definition) is 1. The van der Waals surface area contributed by atoms with Gasteiger partial charge in [0.25, 0.3) is 5.91 Å². The van der Waals surface area contributed by atoms with Crippen LogP contribution in [0.2, 0.25) is 5.02 Å². The molecule has 0 spiro atoms. The minimum atomic E-state index is -0.214. The zero-order valence-corrected chi connectivity index (χ0v) is 17.5. The zero-order chi connectivity index (χ0) is 21.2. The molecule has 2 heterocycles. The van der Waals surface area contributed by atoms with Crippen molar-refractivity contribution in [1.29, 1.82) is 0 Å². The number of halogens is 1. The van der Waals surface area contributed by atoms with E-state index in [4.69, 9.17) is 21.3 Å².